The maximum atomic E-state index is 5.84. The number of benzene rings is 1. The van der Waals surface area contributed by atoms with Gasteiger partial charge in [0.05, 0.1) is 5.52 Å². The first-order valence-corrected chi connectivity index (χ1v) is 7.60. The van der Waals surface area contributed by atoms with Crippen LogP contribution in [0, 0.1) is 11.8 Å². The van der Waals surface area contributed by atoms with Gasteiger partial charge in [0, 0.05) is 29.0 Å². The van der Waals surface area contributed by atoms with Crippen molar-refractivity contribution in [1.82, 2.24) is 4.98 Å². The quantitative estimate of drug-likeness (QED) is 0.826. The second-order valence-corrected chi connectivity index (χ2v) is 5.99. The van der Waals surface area contributed by atoms with Crippen molar-refractivity contribution in [2.45, 2.75) is 39.2 Å². The molecule has 0 saturated heterocycles. The van der Waals surface area contributed by atoms with Gasteiger partial charge in [-0.1, -0.05) is 20.3 Å². The number of anilines is 2. The minimum Gasteiger partial charge on any atom is -0.399 e. The van der Waals surface area contributed by atoms with E-state index in [4.69, 9.17) is 5.73 Å². The van der Waals surface area contributed by atoms with Crippen LogP contribution in [0.4, 0.5) is 11.4 Å². The van der Waals surface area contributed by atoms with E-state index in [0.717, 1.165) is 28.4 Å². The monoisotopic (exact) mass is 269 g/mol. The van der Waals surface area contributed by atoms with Crippen molar-refractivity contribution >= 4 is 22.3 Å². The second-order valence-electron chi connectivity index (χ2n) is 5.99. The third-order valence-electron chi connectivity index (χ3n) is 4.86. The standard InChI is InChI=1S/C17H23N3/c1-3-12-4-7-15(11(12)2)20-16-8-9-19-17-10-13(18)5-6-14(16)17/h5-6,8-12,15H,3-4,7,18H2,1-2H3,(H,19,20). The summed E-state index contributed by atoms with van der Waals surface area (Å²) < 4.78 is 0. The first-order chi connectivity index (χ1) is 9.69. The van der Waals surface area contributed by atoms with Gasteiger partial charge in [-0.3, -0.25) is 4.98 Å². The molecule has 3 rings (SSSR count). The minimum atomic E-state index is 0.572. The van der Waals surface area contributed by atoms with Crippen LogP contribution in [-0.2, 0) is 0 Å². The second kappa shape index (κ2) is 5.31. The molecule has 3 atom stereocenters. The summed E-state index contributed by atoms with van der Waals surface area (Å²) in [5.74, 6) is 1.59. The zero-order valence-electron chi connectivity index (χ0n) is 12.3. The maximum absolute atomic E-state index is 5.84. The Bertz CT molecular complexity index is 608. The van der Waals surface area contributed by atoms with Crippen molar-refractivity contribution in [3.63, 3.8) is 0 Å². The molecule has 20 heavy (non-hydrogen) atoms. The van der Waals surface area contributed by atoms with Crippen molar-refractivity contribution < 1.29 is 0 Å². The lowest BCUT2D eigenvalue weighted by molar-refractivity contribution is 0.392. The van der Waals surface area contributed by atoms with Crippen LogP contribution >= 0.6 is 0 Å². The first kappa shape index (κ1) is 13.2. The van der Waals surface area contributed by atoms with E-state index in [1.165, 1.54) is 24.9 Å². The van der Waals surface area contributed by atoms with Crippen molar-refractivity contribution in [3.05, 3.63) is 30.5 Å². The molecule has 1 aromatic carbocycles. The molecule has 3 heteroatoms. The van der Waals surface area contributed by atoms with Crippen LogP contribution < -0.4 is 11.1 Å². The van der Waals surface area contributed by atoms with Gasteiger partial charge >= 0.3 is 0 Å². The van der Waals surface area contributed by atoms with Crippen molar-refractivity contribution in [2.24, 2.45) is 11.8 Å². The average molecular weight is 269 g/mol. The van der Waals surface area contributed by atoms with Gasteiger partial charge in [-0.15, -0.1) is 0 Å². The molecule has 0 spiro atoms. The highest BCUT2D eigenvalue weighted by Gasteiger charge is 2.31. The smallest absolute Gasteiger partial charge is 0.0743 e. The predicted molar refractivity (Wildman–Crippen MR) is 85.7 cm³/mol. The van der Waals surface area contributed by atoms with Crippen molar-refractivity contribution in [1.29, 1.82) is 0 Å². The highest BCUT2D eigenvalue weighted by Crippen LogP contribution is 2.36. The normalized spacial score (nSPS) is 26.0. The fourth-order valence-corrected chi connectivity index (χ4v) is 3.52. The number of fused-ring (bicyclic) bond motifs is 1. The zero-order valence-corrected chi connectivity index (χ0v) is 12.3. The Morgan fingerprint density at radius 3 is 2.90 bits per heavy atom. The Hall–Kier alpha value is -1.77. The van der Waals surface area contributed by atoms with Crippen LogP contribution in [-0.4, -0.2) is 11.0 Å². The highest BCUT2D eigenvalue weighted by molar-refractivity contribution is 5.92. The number of pyridine rings is 1. The van der Waals surface area contributed by atoms with Gasteiger partial charge in [0.15, 0.2) is 0 Å². The Labute approximate surface area is 120 Å². The molecular weight excluding hydrogens is 246 g/mol. The third-order valence-corrected chi connectivity index (χ3v) is 4.86. The molecule has 3 nitrogen and oxygen atoms in total. The molecule has 106 valence electrons. The molecule has 1 aliphatic rings. The third kappa shape index (κ3) is 2.33. The molecule has 1 heterocycles. The molecule has 3 N–H and O–H groups in total. The van der Waals surface area contributed by atoms with Gasteiger partial charge in [-0.2, -0.15) is 0 Å². The molecule has 1 saturated carbocycles. The van der Waals surface area contributed by atoms with Gasteiger partial charge in [0.2, 0.25) is 0 Å². The Morgan fingerprint density at radius 2 is 2.15 bits per heavy atom. The molecule has 2 aromatic rings. The lowest BCUT2D eigenvalue weighted by Crippen LogP contribution is -2.24. The van der Waals surface area contributed by atoms with E-state index in [1.807, 2.05) is 18.3 Å². The average Bonchev–Trinajstić information content (AvgIpc) is 2.79. The number of aromatic nitrogens is 1. The van der Waals surface area contributed by atoms with Crippen molar-refractivity contribution in [3.8, 4) is 0 Å². The molecule has 0 aliphatic heterocycles. The van der Waals surface area contributed by atoms with Gasteiger partial charge in [-0.25, -0.2) is 0 Å². The first-order valence-electron chi connectivity index (χ1n) is 7.60. The summed E-state index contributed by atoms with van der Waals surface area (Å²) >= 11 is 0. The van der Waals surface area contributed by atoms with E-state index in [9.17, 15) is 0 Å². The summed E-state index contributed by atoms with van der Waals surface area (Å²) in [5, 5.41) is 4.90. The molecule has 0 radical (unpaired) electrons. The largest absolute Gasteiger partial charge is 0.399 e. The lowest BCUT2D eigenvalue weighted by atomic mass is 9.93. The minimum absolute atomic E-state index is 0.572. The summed E-state index contributed by atoms with van der Waals surface area (Å²) in [6, 6.07) is 8.60. The molecule has 1 aliphatic carbocycles. The van der Waals surface area contributed by atoms with E-state index < -0.39 is 0 Å². The fraction of sp³-hybridized carbons (Fsp3) is 0.471. The Morgan fingerprint density at radius 1 is 1.30 bits per heavy atom. The summed E-state index contributed by atoms with van der Waals surface area (Å²) in [5.41, 5.74) is 8.75. The summed E-state index contributed by atoms with van der Waals surface area (Å²) in [7, 11) is 0. The molecule has 3 unspecified atom stereocenters. The number of nitrogens with one attached hydrogen (secondary N) is 1. The van der Waals surface area contributed by atoms with Gasteiger partial charge in [0.25, 0.3) is 0 Å². The van der Waals surface area contributed by atoms with Gasteiger partial charge in [-0.05, 0) is 48.9 Å². The lowest BCUT2D eigenvalue weighted by Gasteiger charge is -2.22. The van der Waals surface area contributed by atoms with Crippen LogP contribution in [0.25, 0.3) is 10.9 Å². The summed E-state index contributed by atoms with van der Waals surface area (Å²) in [6.45, 7) is 4.67. The molecule has 0 amide bonds. The van der Waals surface area contributed by atoms with Crippen molar-refractivity contribution in [2.75, 3.05) is 11.1 Å². The number of nitrogen functional groups attached to an aromatic ring is 1. The zero-order chi connectivity index (χ0) is 14.1. The number of hydrogen-bond donors (Lipinski definition) is 2. The van der Waals surface area contributed by atoms with E-state index in [2.05, 4.69) is 36.3 Å². The Kier molecular flexibility index (Phi) is 3.51. The van der Waals surface area contributed by atoms with E-state index in [0.29, 0.717) is 6.04 Å². The number of hydrogen-bond acceptors (Lipinski definition) is 3. The molecule has 0 bridgehead atoms. The summed E-state index contributed by atoms with van der Waals surface area (Å²) in [4.78, 5) is 4.41. The van der Waals surface area contributed by atoms with E-state index in [-0.39, 0.29) is 0 Å². The topological polar surface area (TPSA) is 50.9 Å². The van der Waals surface area contributed by atoms with Crippen LogP contribution in [0.3, 0.4) is 0 Å². The van der Waals surface area contributed by atoms with Crippen LogP contribution in [0.2, 0.25) is 0 Å². The van der Waals surface area contributed by atoms with Gasteiger partial charge in [0.1, 0.15) is 0 Å². The molecular formula is C17H23N3. The molecule has 1 fully saturated rings. The number of nitrogens with zero attached hydrogens (tertiary/aromatic N) is 1. The molecule has 1 aromatic heterocycles. The Balaban J connectivity index is 1.88. The SMILES string of the molecule is CCC1CCC(Nc2ccnc3cc(N)ccc23)C1C. The maximum Gasteiger partial charge on any atom is 0.0743 e. The van der Waals surface area contributed by atoms with E-state index in [1.54, 1.807) is 0 Å². The van der Waals surface area contributed by atoms with Crippen LogP contribution in [0.1, 0.15) is 33.1 Å². The fourth-order valence-electron chi connectivity index (χ4n) is 3.52. The van der Waals surface area contributed by atoms with Crippen LogP contribution in [0.15, 0.2) is 30.5 Å². The van der Waals surface area contributed by atoms with Gasteiger partial charge < -0.3 is 11.1 Å². The highest BCUT2D eigenvalue weighted by atomic mass is 14.9. The van der Waals surface area contributed by atoms with Crippen LogP contribution in [0.5, 0.6) is 0 Å². The summed E-state index contributed by atoms with van der Waals surface area (Å²) in [6.07, 6.45) is 5.75. The number of nitrogens with two attached hydrogens (primary N) is 1. The number of rotatable bonds is 3. The van der Waals surface area contributed by atoms with E-state index >= 15 is 0 Å². The predicted octanol–water partition coefficient (Wildman–Crippen LogP) is 4.05.